The second-order valence-electron chi connectivity index (χ2n) is 7.12. The molecule has 124 valence electrons. The first kappa shape index (κ1) is 15.8. The Morgan fingerprint density at radius 1 is 1.30 bits per heavy atom. The van der Waals surface area contributed by atoms with E-state index in [1.165, 1.54) is 0 Å². The largest absolute Gasteiger partial charge is 0.481 e. The number of hydrogen-bond donors (Lipinski definition) is 1. The first-order valence-electron chi connectivity index (χ1n) is 8.13. The van der Waals surface area contributed by atoms with Crippen LogP contribution in [0.5, 0.6) is 0 Å². The quantitative estimate of drug-likeness (QED) is 0.930. The Balaban J connectivity index is 1.68. The van der Waals surface area contributed by atoms with Crippen molar-refractivity contribution >= 4 is 12.1 Å². The van der Waals surface area contributed by atoms with E-state index in [1.807, 2.05) is 44.2 Å². The molecule has 2 aliphatic rings. The number of fused-ring (bicyclic) bond motifs is 1. The zero-order valence-corrected chi connectivity index (χ0v) is 13.6. The summed E-state index contributed by atoms with van der Waals surface area (Å²) in [6.07, 6.45) is 1.37. The van der Waals surface area contributed by atoms with E-state index in [0.29, 0.717) is 6.54 Å². The predicted molar refractivity (Wildman–Crippen MR) is 84.8 cm³/mol. The highest BCUT2D eigenvalue weighted by atomic mass is 16.6. The van der Waals surface area contributed by atoms with Crippen molar-refractivity contribution in [2.75, 3.05) is 6.54 Å². The van der Waals surface area contributed by atoms with Gasteiger partial charge < -0.3 is 14.7 Å². The monoisotopic (exact) mass is 317 g/mol. The van der Waals surface area contributed by atoms with E-state index in [9.17, 15) is 14.7 Å². The smallest absolute Gasteiger partial charge is 0.410 e. The molecule has 1 saturated heterocycles. The number of rotatable bonds is 3. The molecule has 5 heteroatoms. The molecule has 23 heavy (non-hydrogen) atoms. The van der Waals surface area contributed by atoms with Gasteiger partial charge in [-0.1, -0.05) is 44.2 Å². The van der Waals surface area contributed by atoms with E-state index < -0.39 is 11.4 Å². The van der Waals surface area contributed by atoms with Crippen LogP contribution in [-0.2, 0) is 16.1 Å². The minimum absolute atomic E-state index is 0.0411. The van der Waals surface area contributed by atoms with Gasteiger partial charge in [-0.3, -0.25) is 4.79 Å². The highest BCUT2D eigenvalue weighted by molar-refractivity contribution is 5.75. The van der Waals surface area contributed by atoms with Crippen LogP contribution in [0.2, 0.25) is 0 Å². The number of piperidine rings is 1. The molecule has 5 nitrogen and oxygen atoms in total. The molecule has 1 saturated carbocycles. The van der Waals surface area contributed by atoms with Crippen molar-refractivity contribution in [2.45, 2.75) is 39.3 Å². The molecular weight excluding hydrogens is 294 g/mol. The van der Waals surface area contributed by atoms with E-state index in [0.717, 1.165) is 18.4 Å². The highest BCUT2D eigenvalue weighted by Crippen LogP contribution is 2.57. The topological polar surface area (TPSA) is 66.8 Å². The molecule has 3 rings (SSSR count). The number of carbonyl (C=O) groups excluding carboxylic acids is 1. The zero-order valence-electron chi connectivity index (χ0n) is 13.6. The fraction of sp³-hybridized carbons (Fsp3) is 0.556. The summed E-state index contributed by atoms with van der Waals surface area (Å²) >= 11 is 0. The lowest BCUT2D eigenvalue weighted by Gasteiger charge is -2.62. The van der Waals surface area contributed by atoms with Crippen LogP contribution >= 0.6 is 0 Å². The molecule has 1 amide bonds. The molecule has 2 fully saturated rings. The van der Waals surface area contributed by atoms with Gasteiger partial charge in [-0.2, -0.15) is 0 Å². The molecule has 1 N–H and O–H groups in total. The van der Waals surface area contributed by atoms with Crippen LogP contribution in [0.4, 0.5) is 4.79 Å². The van der Waals surface area contributed by atoms with Crippen molar-refractivity contribution in [3.05, 3.63) is 35.9 Å². The zero-order chi connectivity index (χ0) is 16.6. The SMILES string of the molecule is CC1(C)[C@H](C(=O)O)[C@@H]2CCCN(C(=O)OCc3ccccc3)[C@H]21. The summed E-state index contributed by atoms with van der Waals surface area (Å²) in [5.74, 6) is -1.09. The van der Waals surface area contributed by atoms with Gasteiger partial charge in [0.1, 0.15) is 6.61 Å². The highest BCUT2D eigenvalue weighted by Gasteiger charge is 2.63. The van der Waals surface area contributed by atoms with Crippen LogP contribution in [0, 0.1) is 17.3 Å². The number of nitrogens with zero attached hydrogens (tertiary/aromatic N) is 1. The van der Waals surface area contributed by atoms with Crippen molar-refractivity contribution in [2.24, 2.45) is 17.3 Å². The summed E-state index contributed by atoms with van der Waals surface area (Å²) in [4.78, 5) is 25.7. The number of amides is 1. The summed E-state index contributed by atoms with van der Waals surface area (Å²) < 4.78 is 5.45. The normalized spacial score (nSPS) is 28.4. The number of benzene rings is 1. The first-order chi connectivity index (χ1) is 10.9. The Kier molecular flexibility index (Phi) is 4.04. The number of carboxylic acids is 1. The Bertz CT molecular complexity index is 598. The molecule has 3 atom stereocenters. The second-order valence-corrected chi connectivity index (χ2v) is 7.12. The number of aliphatic carboxylic acids is 1. The van der Waals surface area contributed by atoms with Crippen LogP contribution in [0.25, 0.3) is 0 Å². The molecule has 0 unspecified atom stereocenters. The van der Waals surface area contributed by atoms with Crippen molar-refractivity contribution < 1.29 is 19.4 Å². The average Bonchev–Trinajstić information content (AvgIpc) is 2.52. The van der Waals surface area contributed by atoms with Gasteiger partial charge in [0, 0.05) is 12.6 Å². The minimum Gasteiger partial charge on any atom is -0.481 e. The van der Waals surface area contributed by atoms with Gasteiger partial charge in [0.25, 0.3) is 0 Å². The maximum Gasteiger partial charge on any atom is 0.410 e. The molecular formula is C18H23NO4. The predicted octanol–water partition coefficient (Wildman–Crippen LogP) is 3.14. The molecule has 1 aliphatic heterocycles. The fourth-order valence-electron chi connectivity index (χ4n) is 4.45. The van der Waals surface area contributed by atoms with Crippen molar-refractivity contribution in [1.29, 1.82) is 0 Å². The van der Waals surface area contributed by atoms with E-state index in [-0.39, 0.29) is 30.6 Å². The number of carbonyl (C=O) groups is 2. The van der Waals surface area contributed by atoms with Crippen molar-refractivity contribution in [1.82, 2.24) is 4.90 Å². The van der Waals surface area contributed by atoms with Gasteiger partial charge in [0.05, 0.1) is 5.92 Å². The Morgan fingerprint density at radius 2 is 2.00 bits per heavy atom. The third kappa shape index (κ3) is 2.69. The molecule has 1 heterocycles. The third-order valence-electron chi connectivity index (χ3n) is 5.38. The van der Waals surface area contributed by atoms with Crippen LogP contribution in [0.15, 0.2) is 30.3 Å². The summed E-state index contributed by atoms with van der Waals surface area (Å²) in [5, 5.41) is 9.45. The van der Waals surface area contributed by atoms with Gasteiger partial charge in [-0.25, -0.2) is 4.79 Å². The van der Waals surface area contributed by atoms with E-state index >= 15 is 0 Å². The van der Waals surface area contributed by atoms with Crippen LogP contribution < -0.4 is 0 Å². The van der Waals surface area contributed by atoms with E-state index in [4.69, 9.17) is 4.74 Å². The summed E-state index contributed by atoms with van der Waals surface area (Å²) in [7, 11) is 0. The minimum atomic E-state index is -0.754. The standard InChI is InChI=1S/C18H23NO4/c1-18(2)14(16(20)21)13-9-6-10-19(15(13)18)17(22)23-11-12-7-4-3-5-8-12/h3-5,7-8,13-15H,6,9-11H2,1-2H3,(H,20,21)/t13-,14-,15+/m0/s1. The van der Waals surface area contributed by atoms with Gasteiger partial charge in [-0.15, -0.1) is 0 Å². The summed E-state index contributed by atoms with van der Waals surface area (Å²) in [6, 6.07) is 9.53. The Morgan fingerprint density at radius 3 is 2.65 bits per heavy atom. The van der Waals surface area contributed by atoms with Gasteiger partial charge in [0.15, 0.2) is 0 Å². The number of likely N-dealkylation sites (tertiary alicyclic amines) is 1. The van der Waals surface area contributed by atoms with Crippen molar-refractivity contribution in [3.8, 4) is 0 Å². The summed E-state index contributed by atoms with van der Waals surface area (Å²) in [5.41, 5.74) is 0.536. The van der Waals surface area contributed by atoms with Crippen LogP contribution in [0.1, 0.15) is 32.3 Å². The maximum atomic E-state index is 12.5. The van der Waals surface area contributed by atoms with Gasteiger partial charge >= 0.3 is 12.1 Å². The first-order valence-corrected chi connectivity index (χ1v) is 8.13. The lowest BCUT2D eigenvalue weighted by atomic mass is 9.49. The maximum absolute atomic E-state index is 12.5. The average molecular weight is 317 g/mol. The molecule has 0 radical (unpaired) electrons. The molecule has 0 bridgehead atoms. The Labute approximate surface area is 136 Å². The molecule has 1 aromatic rings. The lowest BCUT2D eigenvalue weighted by Crippen LogP contribution is -2.70. The van der Waals surface area contributed by atoms with Gasteiger partial charge in [-0.05, 0) is 29.7 Å². The Hall–Kier alpha value is -2.04. The number of ether oxygens (including phenoxy) is 1. The summed E-state index contributed by atoms with van der Waals surface area (Å²) in [6.45, 7) is 4.77. The molecule has 0 spiro atoms. The fourth-order valence-corrected chi connectivity index (χ4v) is 4.45. The van der Waals surface area contributed by atoms with Gasteiger partial charge in [0.2, 0.25) is 0 Å². The molecule has 0 aromatic heterocycles. The van der Waals surface area contributed by atoms with Crippen LogP contribution in [0.3, 0.4) is 0 Å². The number of carboxylic acid groups (broad SMARTS) is 1. The van der Waals surface area contributed by atoms with Crippen molar-refractivity contribution in [3.63, 3.8) is 0 Å². The van der Waals surface area contributed by atoms with E-state index in [2.05, 4.69) is 0 Å². The van der Waals surface area contributed by atoms with E-state index in [1.54, 1.807) is 4.90 Å². The second kappa shape index (κ2) is 5.87. The molecule has 1 aliphatic carbocycles. The number of hydrogen-bond acceptors (Lipinski definition) is 3. The molecule has 1 aromatic carbocycles. The lowest BCUT2D eigenvalue weighted by molar-refractivity contribution is -0.182. The third-order valence-corrected chi connectivity index (χ3v) is 5.38. The van der Waals surface area contributed by atoms with Crippen LogP contribution in [-0.4, -0.2) is 34.7 Å².